The first-order valence-corrected chi connectivity index (χ1v) is 7.92. The van der Waals surface area contributed by atoms with E-state index < -0.39 is 0 Å². The van der Waals surface area contributed by atoms with Crippen LogP contribution in [0.5, 0.6) is 0 Å². The van der Waals surface area contributed by atoms with E-state index in [9.17, 15) is 4.79 Å². The van der Waals surface area contributed by atoms with Crippen LogP contribution in [0.15, 0.2) is 46.9 Å². The van der Waals surface area contributed by atoms with Crippen molar-refractivity contribution < 1.29 is 4.79 Å². The van der Waals surface area contributed by atoms with E-state index in [1.165, 1.54) is 0 Å². The summed E-state index contributed by atoms with van der Waals surface area (Å²) in [7, 11) is 0. The lowest BCUT2D eigenvalue weighted by Crippen LogP contribution is -2.12. The summed E-state index contributed by atoms with van der Waals surface area (Å²) in [6, 6.07) is 13.0. The van der Waals surface area contributed by atoms with Crippen LogP contribution < -0.4 is 5.32 Å². The average Bonchev–Trinajstić information content (AvgIpc) is 2.43. The summed E-state index contributed by atoms with van der Waals surface area (Å²) < 4.78 is 1.92. The van der Waals surface area contributed by atoms with Crippen molar-refractivity contribution in [3.05, 3.63) is 61.6 Å². The Kier molecular flexibility index (Phi) is 5.24. The zero-order valence-electron chi connectivity index (χ0n) is 9.79. The molecule has 0 aliphatic rings. The molecule has 0 saturated carbocycles. The molecule has 2 rings (SSSR count). The Balaban J connectivity index is 2.18. The van der Waals surface area contributed by atoms with Gasteiger partial charge in [-0.05, 0) is 74.4 Å². The minimum atomic E-state index is -0.135. The van der Waals surface area contributed by atoms with Gasteiger partial charge in [0.15, 0.2) is 0 Å². The standard InChI is InChI=1S/C14H10BrClINO/c15-12-6-5-11(17)7-13(12)18-14(19)10-3-1-9(8-16)2-4-10/h1-7H,8H2,(H,18,19). The van der Waals surface area contributed by atoms with Gasteiger partial charge < -0.3 is 5.32 Å². The van der Waals surface area contributed by atoms with Crippen molar-refractivity contribution in [2.75, 3.05) is 5.32 Å². The van der Waals surface area contributed by atoms with Gasteiger partial charge >= 0.3 is 0 Å². The van der Waals surface area contributed by atoms with E-state index in [0.717, 1.165) is 19.3 Å². The van der Waals surface area contributed by atoms with E-state index in [-0.39, 0.29) is 5.91 Å². The maximum Gasteiger partial charge on any atom is 0.255 e. The molecule has 2 aromatic carbocycles. The van der Waals surface area contributed by atoms with E-state index in [2.05, 4.69) is 43.8 Å². The fourth-order valence-corrected chi connectivity index (χ4v) is 2.55. The number of nitrogens with one attached hydrogen (secondary N) is 1. The average molecular weight is 451 g/mol. The minimum Gasteiger partial charge on any atom is -0.321 e. The van der Waals surface area contributed by atoms with Gasteiger partial charge in [0.1, 0.15) is 0 Å². The zero-order chi connectivity index (χ0) is 13.8. The van der Waals surface area contributed by atoms with E-state index in [4.69, 9.17) is 11.6 Å². The molecule has 1 N–H and O–H groups in total. The molecule has 2 aromatic rings. The first-order valence-electron chi connectivity index (χ1n) is 5.51. The predicted octanol–water partition coefficient (Wildman–Crippen LogP) is 5.04. The maximum atomic E-state index is 12.1. The Morgan fingerprint density at radius 1 is 1.21 bits per heavy atom. The number of hydrogen-bond donors (Lipinski definition) is 1. The number of rotatable bonds is 3. The highest BCUT2D eigenvalue weighted by molar-refractivity contribution is 14.1. The number of halogens is 3. The van der Waals surface area contributed by atoms with Crippen molar-refractivity contribution >= 4 is 61.7 Å². The fourth-order valence-electron chi connectivity index (χ4n) is 1.53. The number of alkyl halides is 1. The summed E-state index contributed by atoms with van der Waals surface area (Å²) >= 11 is 11.3. The lowest BCUT2D eigenvalue weighted by Gasteiger charge is -2.08. The maximum absolute atomic E-state index is 12.1. The molecule has 0 aliphatic carbocycles. The molecule has 0 unspecified atom stereocenters. The third-order valence-electron chi connectivity index (χ3n) is 2.55. The Labute approximate surface area is 138 Å². The zero-order valence-corrected chi connectivity index (χ0v) is 14.3. The summed E-state index contributed by atoms with van der Waals surface area (Å²) in [5.41, 5.74) is 2.37. The molecule has 0 spiro atoms. The topological polar surface area (TPSA) is 29.1 Å². The summed E-state index contributed by atoms with van der Waals surface area (Å²) in [4.78, 5) is 12.1. The van der Waals surface area contributed by atoms with Gasteiger partial charge in [0.25, 0.3) is 5.91 Å². The van der Waals surface area contributed by atoms with Crippen LogP contribution in [0, 0.1) is 3.57 Å². The van der Waals surface area contributed by atoms with E-state index in [1.54, 1.807) is 12.1 Å². The van der Waals surface area contributed by atoms with Crippen LogP contribution in [-0.2, 0) is 5.88 Å². The van der Waals surface area contributed by atoms with Crippen LogP contribution in [0.4, 0.5) is 5.69 Å². The fraction of sp³-hybridized carbons (Fsp3) is 0.0714. The SMILES string of the molecule is O=C(Nc1cc(I)ccc1Br)c1ccc(CCl)cc1. The second kappa shape index (κ2) is 6.72. The van der Waals surface area contributed by atoms with Crippen molar-refractivity contribution in [3.8, 4) is 0 Å². The molecule has 0 heterocycles. The molecule has 0 aromatic heterocycles. The first-order chi connectivity index (χ1) is 9.10. The molecule has 19 heavy (non-hydrogen) atoms. The van der Waals surface area contributed by atoms with Crippen molar-refractivity contribution in [2.45, 2.75) is 5.88 Å². The Hall–Kier alpha value is -0.590. The number of amides is 1. The van der Waals surface area contributed by atoms with Crippen LogP contribution in [0.2, 0.25) is 0 Å². The number of carbonyl (C=O) groups excluding carboxylic acids is 1. The first kappa shape index (κ1) is 14.8. The second-order valence-corrected chi connectivity index (χ2v) is 6.28. The van der Waals surface area contributed by atoms with Crippen molar-refractivity contribution in [3.63, 3.8) is 0 Å². The summed E-state index contributed by atoms with van der Waals surface area (Å²) in [5, 5.41) is 2.88. The molecule has 1 amide bonds. The van der Waals surface area contributed by atoms with Crippen LogP contribution in [0.3, 0.4) is 0 Å². The van der Waals surface area contributed by atoms with E-state index >= 15 is 0 Å². The quantitative estimate of drug-likeness (QED) is 0.515. The lowest BCUT2D eigenvalue weighted by molar-refractivity contribution is 0.102. The van der Waals surface area contributed by atoms with Gasteiger partial charge in [-0.25, -0.2) is 0 Å². The lowest BCUT2D eigenvalue weighted by atomic mass is 10.1. The normalized spacial score (nSPS) is 10.3. The Bertz CT molecular complexity index is 601. The molecule has 0 radical (unpaired) electrons. The van der Waals surface area contributed by atoms with Crippen LogP contribution >= 0.6 is 50.1 Å². The van der Waals surface area contributed by atoms with Crippen LogP contribution in [-0.4, -0.2) is 5.91 Å². The van der Waals surface area contributed by atoms with E-state index in [1.807, 2.05) is 30.3 Å². The van der Waals surface area contributed by atoms with Gasteiger partial charge in [0.2, 0.25) is 0 Å². The second-order valence-electron chi connectivity index (χ2n) is 3.91. The molecular formula is C14H10BrClINO. The number of hydrogen-bond acceptors (Lipinski definition) is 1. The van der Waals surface area contributed by atoms with Gasteiger partial charge in [-0.3, -0.25) is 4.79 Å². The summed E-state index contributed by atoms with van der Waals surface area (Å²) in [6.45, 7) is 0. The summed E-state index contributed by atoms with van der Waals surface area (Å²) in [6.07, 6.45) is 0. The van der Waals surface area contributed by atoms with Crippen LogP contribution in [0.25, 0.3) is 0 Å². The van der Waals surface area contributed by atoms with Crippen LogP contribution in [0.1, 0.15) is 15.9 Å². The Morgan fingerprint density at radius 2 is 1.89 bits per heavy atom. The number of carbonyl (C=O) groups is 1. The molecule has 0 atom stereocenters. The minimum absolute atomic E-state index is 0.135. The molecule has 0 fully saturated rings. The van der Waals surface area contributed by atoms with Gasteiger partial charge in [-0.15, -0.1) is 11.6 Å². The van der Waals surface area contributed by atoms with Crippen molar-refractivity contribution in [1.82, 2.24) is 0 Å². The third-order valence-corrected chi connectivity index (χ3v) is 4.22. The van der Waals surface area contributed by atoms with Gasteiger partial charge in [0, 0.05) is 19.5 Å². The van der Waals surface area contributed by atoms with Gasteiger partial charge in [-0.2, -0.15) is 0 Å². The predicted molar refractivity (Wildman–Crippen MR) is 90.8 cm³/mol. The third kappa shape index (κ3) is 3.94. The summed E-state index contributed by atoms with van der Waals surface area (Å²) in [5.74, 6) is 0.313. The van der Waals surface area contributed by atoms with Crippen molar-refractivity contribution in [2.24, 2.45) is 0 Å². The highest BCUT2D eigenvalue weighted by Gasteiger charge is 2.08. The molecular weight excluding hydrogens is 440 g/mol. The highest BCUT2D eigenvalue weighted by atomic mass is 127. The molecule has 98 valence electrons. The Morgan fingerprint density at radius 3 is 2.53 bits per heavy atom. The molecule has 0 saturated heterocycles. The van der Waals surface area contributed by atoms with Crippen molar-refractivity contribution in [1.29, 1.82) is 0 Å². The smallest absolute Gasteiger partial charge is 0.255 e. The largest absolute Gasteiger partial charge is 0.321 e. The molecule has 5 heteroatoms. The highest BCUT2D eigenvalue weighted by Crippen LogP contribution is 2.25. The number of anilines is 1. The number of benzene rings is 2. The molecule has 0 bridgehead atoms. The van der Waals surface area contributed by atoms with E-state index in [0.29, 0.717) is 11.4 Å². The molecule has 0 aliphatic heterocycles. The van der Waals surface area contributed by atoms with Gasteiger partial charge in [0.05, 0.1) is 5.69 Å². The molecule has 2 nitrogen and oxygen atoms in total. The van der Waals surface area contributed by atoms with Gasteiger partial charge in [-0.1, -0.05) is 12.1 Å². The monoisotopic (exact) mass is 449 g/mol.